The summed E-state index contributed by atoms with van der Waals surface area (Å²) >= 11 is 0. The monoisotopic (exact) mass is 473 g/mol. The molecular formula is C25H39N5O4. The number of hydrogen-bond acceptors (Lipinski definition) is 6. The first-order chi connectivity index (χ1) is 16.3. The molecule has 1 aromatic heterocycles. The molecule has 0 aromatic carbocycles. The highest BCUT2D eigenvalue weighted by Crippen LogP contribution is 2.29. The third kappa shape index (κ3) is 5.37. The summed E-state index contributed by atoms with van der Waals surface area (Å²) in [6, 6.07) is 3.32. The Kier molecular flexibility index (Phi) is 7.74. The van der Waals surface area contributed by atoms with E-state index in [1.807, 2.05) is 26.1 Å². The van der Waals surface area contributed by atoms with Crippen molar-refractivity contribution in [1.29, 1.82) is 0 Å². The standard InChI is InChI=1S/C25H39N5O4/c1-25(2,30-16-10-22(31)27(3)24(30)33)21-5-4-13-29(23(21)32)18-17-28-14-8-20(9-15-28)34-19-6-11-26-12-7-19/h4-5,13,19-20,26H,6-12,14-18H2,1-3H3. The number of aromatic nitrogens is 1. The first-order valence-corrected chi connectivity index (χ1v) is 12.6. The van der Waals surface area contributed by atoms with Gasteiger partial charge in [0.2, 0.25) is 5.91 Å². The van der Waals surface area contributed by atoms with Crippen LogP contribution in [0.4, 0.5) is 4.79 Å². The second-order valence-corrected chi connectivity index (χ2v) is 10.2. The molecule has 0 aliphatic carbocycles. The van der Waals surface area contributed by atoms with E-state index < -0.39 is 5.54 Å². The van der Waals surface area contributed by atoms with Crippen molar-refractivity contribution >= 4 is 11.9 Å². The molecule has 3 fully saturated rings. The van der Waals surface area contributed by atoms with Crippen molar-refractivity contribution in [2.24, 2.45) is 0 Å². The number of ether oxygens (including phenoxy) is 1. The molecule has 0 saturated carbocycles. The maximum Gasteiger partial charge on any atom is 0.327 e. The minimum atomic E-state index is -0.809. The molecule has 9 heteroatoms. The van der Waals surface area contributed by atoms with E-state index >= 15 is 0 Å². The zero-order chi connectivity index (χ0) is 24.3. The van der Waals surface area contributed by atoms with E-state index in [0.717, 1.165) is 63.3 Å². The summed E-state index contributed by atoms with van der Waals surface area (Å²) in [4.78, 5) is 43.2. The van der Waals surface area contributed by atoms with Crippen LogP contribution in [0.3, 0.4) is 0 Å². The van der Waals surface area contributed by atoms with E-state index in [0.29, 0.717) is 30.9 Å². The first-order valence-electron chi connectivity index (χ1n) is 12.6. The Balaban J connectivity index is 1.34. The average Bonchev–Trinajstić information content (AvgIpc) is 2.83. The van der Waals surface area contributed by atoms with Gasteiger partial charge < -0.3 is 24.4 Å². The molecule has 0 radical (unpaired) electrons. The van der Waals surface area contributed by atoms with Crippen LogP contribution in [-0.4, -0.2) is 89.7 Å². The fraction of sp³-hybridized carbons (Fsp3) is 0.720. The van der Waals surface area contributed by atoms with Crippen molar-refractivity contribution in [2.75, 3.05) is 46.3 Å². The smallest absolute Gasteiger partial charge is 0.327 e. The lowest BCUT2D eigenvalue weighted by Crippen LogP contribution is -2.58. The van der Waals surface area contributed by atoms with E-state index in [1.165, 1.54) is 7.05 Å². The van der Waals surface area contributed by atoms with Crippen LogP contribution in [0.5, 0.6) is 0 Å². The lowest BCUT2D eigenvalue weighted by molar-refractivity contribution is -0.130. The fourth-order valence-corrected chi connectivity index (χ4v) is 5.32. The molecule has 1 aromatic rings. The summed E-state index contributed by atoms with van der Waals surface area (Å²) in [5, 5.41) is 3.38. The first kappa shape index (κ1) is 24.9. The fourth-order valence-electron chi connectivity index (χ4n) is 5.32. The lowest BCUT2D eigenvalue weighted by atomic mass is 9.92. The number of likely N-dealkylation sites (tertiary alicyclic amines) is 1. The van der Waals surface area contributed by atoms with Gasteiger partial charge in [0.25, 0.3) is 5.56 Å². The van der Waals surface area contributed by atoms with Gasteiger partial charge in [-0.3, -0.25) is 14.5 Å². The predicted octanol–water partition coefficient (Wildman–Crippen LogP) is 1.60. The molecule has 3 aliphatic heterocycles. The van der Waals surface area contributed by atoms with Crippen molar-refractivity contribution in [1.82, 2.24) is 24.6 Å². The van der Waals surface area contributed by atoms with Crippen LogP contribution < -0.4 is 10.9 Å². The summed E-state index contributed by atoms with van der Waals surface area (Å²) in [7, 11) is 1.50. The maximum atomic E-state index is 13.4. The summed E-state index contributed by atoms with van der Waals surface area (Å²) < 4.78 is 8.07. The van der Waals surface area contributed by atoms with Gasteiger partial charge in [-0.2, -0.15) is 0 Å². The second-order valence-electron chi connectivity index (χ2n) is 10.2. The average molecular weight is 474 g/mol. The second kappa shape index (κ2) is 10.6. The van der Waals surface area contributed by atoms with E-state index in [1.54, 1.807) is 15.5 Å². The number of nitrogens with zero attached hydrogens (tertiary/aromatic N) is 4. The minimum Gasteiger partial charge on any atom is -0.375 e. The van der Waals surface area contributed by atoms with Gasteiger partial charge in [-0.15, -0.1) is 0 Å². The SMILES string of the molecule is CN1C(=O)CCN(C(C)(C)c2cccn(CCN3CCC(OC4CCNCC4)CC3)c2=O)C1=O. The minimum absolute atomic E-state index is 0.0796. The van der Waals surface area contributed by atoms with E-state index in [2.05, 4.69) is 10.2 Å². The largest absolute Gasteiger partial charge is 0.375 e. The maximum absolute atomic E-state index is 13.4. The van der Waals surface area contributed by atoms with Gasteiger partial charge in [-0.05, 0) is 64.8 Å². The number of amides is 3. The summed E-state index contributed by atoms with van der Waals surface area (Å²) in [6.07, 6.45) is 7.11. The molecular weight excluding hydrogens is 434 g/mol. The lowest BCUT2D eigenvalue weighted by Gasteiger charge is -2.43. The van der Waals surface area contributed by atoms with E-state index in [9.17, 15) is 14.4 Å². The number of carbonyl (C=O) groups is 2. The number of piperidine rings is 2. The van der Waals surface area contributed by atoms with Gasteiger partial charge in [0, 0.05) is 58.0 Å². The van der Waals surface area contributed by atoms with Crippen LogP contribution in [0.15, 0.2) is 23.1 Å². The van der Waals surface area contributed by atoms with Crippen molar-refractivity contribution < 1.29 is 14.3 Å². The highest BCUT2D eigenvalue weighted by Gasteiger charge is 2.40. The molecule has 1 N–H and O–H groups in total. The molecule has 0 atom stereocenters. The number of imide groups is 1. The van der Waals surface area contributed by atoms with Gasteiger partial charge in [0.05, 0.1) is 17.7 Å². The van der Waals surface area contributed by atoms with E-state index in [-0.39, 0.29) is 23.9 Å². The number of pyridine rings is 1. The molecule has 0 spiro atoms. The molecule has 4 heterocycles. The van der Waals surface area contributed by atoms with Gasteiger partial charge in [0.15, 0.2) is 0 Å². The number of rotatable bonds is 7. The van der Waals surface area contributed by atoms with Crippen LogP contribution in [-0.2, 0) is 21.6 Å². The van der Waals surface area contributed by atoms with Crippen LogP contribution >= 0.6 is 0 Å². The van der Waals surface area contributed by atoms with Crippen molar-refractivity contribution in [3.05, 3.63) is 34.2 Å². The van der Waals surface area contributed by atoms with Crippen LogP contribution in [0, 0.1) is 0 Å². The van der Waals surface area contributed by atoms with Gasteiger partial charge in [-0.1, -0.05) is 0 Å². The van der Waals surface area contributed by atoms with Crippen molar-refractivity contribution in [3.8, 4) is 0 Å². The highest BCUT2D eigenvalue weighted by atomic mass is 16.5. The molecule has 4 rings (SSSR count). The summed E-state index contributed by atoms with van der Waals surface area (Å²) in [5.74, 6) is -0.188. The molecule has 3 amide bonds. The van der Waals surface area contributed by atoms with Crippen LogP contribution in [0.25, 0.3) is 0 Å². The topological polar surface area (TPSA) is 87.1 Å². The molecule has 0 unspecified atom stereocenters. The Morgan fingerprint density at radius 3 is 2.38 bits per heavy atom. The van der Waals surface area contributed by atoms with E-state index in [4.69, 9.17) is 4.74 Å². The number of urea groups is 1. The van der Waals surface area contributed by atoms with Gasteiger partial charge >= 0.3 is 6.03 Å². The van der Waals surface area contributed by atoms with Crippen LogP contribution in [0.2, 0.25) is 0 Å². The molecule has 0 bridgehead atoms. The quantitative estimate of drug-likeness (QED) is 0.647. The number of nitrogens with one attached hydrogen (secondary N) is 1. The molecule has 3 saturated heterocycles. The van der Waals surface area contributed by atoms with Gasteiger partial charge in [0.1, 0.15) is 0 Å². The third-order valence-electron chi connectivity index (χ3n) is 7.66. The van der Waals surface area contributed by atoms with Crippen LogP contribution in [0.1, 0.15) is 51.5 Å². The zero-order valence-electron chi connectivity index (χ0n) is 20.8. The Bertz CT molecular complexity index is 931. The molecule has 9 nitrogen and oxygen atoms in total. The molecule has 188 valence electrons. The third-order valence-corrected chi connectivity index (χ3v) is 7.66. The van der Waals surface area contributed by atoms with Crippen molar-refractivity contribution in [3.63, 3.8) is 0 Å². The number of carbonyl (C=O) groups excluding carboxylic acids is 2. The molecule has 3 aliphatic rings. The predicted molar refractivity (Wildman–Crippen MR) is 130 cm³/mol. The van der Waals surface area contributed by atoms with Crippen molar-refractivity contribution in [2.45, 2.75) is 70.2 Å². The summed E-state index contributed by atoms with van der Waals surface area (Å²) in [5.41, 5.74) is -0.319. The Morgan fingerprint density at radius 2 is 1.68 bits per heavy atom. The Labute approximate surface area is 202 Å². The molecule has 34 heavy (non-hydrogen) atoms. The summed E-state index contributed by atoms with van der Waals surface area (Å²) in [6.45, 7) is 9.56. The normalized spacial score (nSPS) is 22.0. The number of hydrogen-bond donors (Lipinski definition) is 1. The zero-order valence-corrected chi connectivity index (χ0v) is 20.8. The highest BCUT2D eigenvalue weighted by molar-refractivity contribution is 5.96. The Morgan fingerprint density at radius 1 is 1.00 bits per heavy atom. The van der Waals surface area contributed by atoms with Gasteiger partial charge in [-0.25, -0.2) is 4.79 Å². The Hall–Kier alpha value is -2.23.